The van der Waals surface area contributed by atoms with Gasteiger partial charge in [0.15, 0.2) is 0 Å². The fourth-order valence-corrected chi connectivity index (χ4v) is 2.69. The summed E-state index contributed by atoms with van der Waals surface area (Å²) in [4.78, 5) is 14.4. The Bertz CT molecular complexity index is 834. The lowest BCUT2D eigenvalue weighted by Crippen LogP contribution is -2.25. The highest BCUT2D eigenvalue weighted by Crippen LogP contribution is 2.35. The predicted octanol–water partition coefficient (Wildman–Crippen LogP) is 5.44. The molecule has 2 aromatic carbocycles. The van der Waals surface area contributed by atoms with E-state index in [1.165, 1.54) is 6.07 Å². The standard InChI is InChI=1S/C21H21F3N2O/c1-4-12-26(13-5-2)19-11-10-16(21(22,23)24)14-18(19)25-20(27)17-9-7-6-8-15(17)3/h4-11,14H,1-2,12-13H2,3H3,(H,25,27). The van der Waals surface area contributed by atoms with Gasteiger partial charge < -0.3 is 10.2 Å². The Balaban J connectivity index is 2.49. The summed E-state index contributed by atoms with van der Waals surface area (Å²) in [7, 11) is 0. The van der Waals surface area contributed by atoms with E-state index in [-0.39, 0.29) is 5.69 Å². The van der Waals surface area contributed by atoms with Gasteiger partial charge >= 0.3 is 6.18 Å². The van der Waals surface area contributed by atoms with E-state index in [9.17, 15) is 18.0 Å². The molecule has 0 bridgehead atoms. The van der Waals surface area contributed by atoms with Crippen molar-refractivity contribution in [2.75, 3.05) is 23.3 Å². The van der Waals surface area contributed by atoms with Crippen LogP contribution in [0.25, 0.3) is 0 Å². The van der Waals surface area contributed by atoms with Crippen molar-refractivity contribution in [2.45, 2.75) is 13.1 Å². The number of nitrogens with one attached hydrogen (secondary N) is 1. The van der Waals surface area contributed by atoms with Gasteiger partial charge in [-0.25, -0.2) is 0 Å². The fourth-order valence-electron chi connectivity index (χ4n) is 2.69. The molecule has 1 amide bonds. The molecule has 6 heteroatoms. The number of amides is 1. The lowest BCUT2D eigenvalue weighted by molar-refractivity contribution is -0.137. The molecule has 0 fully saturated rings. The van der Waals surface area contributed by atoms with E-state index >= 15 is 0 Å². The van der Waals surface area contributed by atoms with Gasteiger partial charge in [0.25, 0.3) is 5.91 Å². The molecule has 0 radical (unpaired) electrons. The number of alkyl halides is 3. The first-order chi connectivity index (χ1) is 12.8. The topological polar surface area (TPSA) is 32.3 Å². The predicted molar refractivity (Wildman–Crippen MR) is 103 cm³/mol. The highest BCUT2D eigenvalue weighted by molar-refractivity contribution is 6.07. The third-order valence-corrected chi connectivity index (χ3v) is 4.00. The number of anilines is 2. The van der Waals surface area contributed by atoms with Crippen molar-refractivity contribution in [1.82, 2.24) is 0 Å². The normalized spacial score (nSPS) is 11.0. The van der Waals surface area contributed by atoms with Crippen molar-refractivity contribution in [2.24, 2.45) is 0 Å². The molecule has 142 valence electrons. The van der Waals surface area contributed by atoms with Crippen LogP contribution in [0.4, 0.5) is 24.5 Å². The van der Waals surface area contributed by atoms with Crippen LogP contribution in [0.3, 0.4) is 0 Å². The largest absolute Gasteiger partial charge is 0.416 e. The van der Waals surface area contributed by atoms with Crippen LogP contribution in [0.5, 0.6) is 0 Å². The van der Waals surface area contributed by atoms with Gasteiger partial charge in [-0.1, -0.05) is 30.4 Å². The maximum atomic E-state index is 13.2. The second-order valence-corrected chi connectivity index (χ2v) is 5.98. The molecule has 0 atom stereocenters. The maximum Gasteiger partial charge on any atom is 0.416 e. The van der Waals surface area contributed by atoms with Crippen LogP contribution in [0.1, 0.15) is 21.5 Å². The van der Waals surface area contributed by atoms with E-state index < -0.39 is 17.6 Å². The number of carbonyl (C=O) groups excluding carboxylic acids is 1. The summed E-state index contributed by atoms with van der Waals surface area (Å²) in [6, 6.07) is 10.2. The highest BCUT2D eigenvalue weighted by atomic mass is 19.4. The third-order valence-electron chi connectivity index (χ3n) is 4.00. The van der Waals surface area contributed by atoms with Crippen LogP contribution in [-0.4, -0.2) is 19.0 Å². The smallest absolute Gasteiger partial charge is 0.362 e. The van der Waals surface area contributed by atoms with Crippen LogP contribution in [-0.2, 0) is 6.18 Å². The van der Waals surface area contributed by atoms with Gasteiger partial charge in [-0.05, 0) is 36.8 Å². The summed E-state index contributed by atoms with van der Waals surface area (Å²) in [6.07, 6.45) is -1.25. The molecule has 0 unspecified atom stereocenters. The number of halogens is 3. The summed E-state index contributed by atoms with van der Waals surface area (Å²) < 4.78 is 39.5. The number of hydrogen-bond donors (Lipinski definition) is 1. The van der Waals surface area contributed by atoms with Crippen LogP contribution < -0.4 is 10.2 Å². The zero-order valence-corrected chi connectivity index (χ0v) is 15.0. The molecular weight excluding hydrogens is 353 g/mol. The first-order valence-electron chi connectivity index (χ1n) is 8.33. The Kier molecular flexibility index (Phi) is 6.45. The Labute approximate surface area is 156 Å². The minimum atomic E-state index is -4.51. The zero-order valence-electron chi connectivity index (χ0n) is 15.0. The minimum Gasteiger partial charge on any atom is -0.362 e. The molecule has 3 nitrogen and oxygen atoms in total. The van der Waals surface area contributed by atoms with Gasteiger partial charge in [0.1, 0.15) is 0 Å². The zero-order chi connectivity index (χ0) is 20.0. The van der Waals surface area contributed by atoms with Gasteiger partial charge in [-0.3, -0.25) is 4.79 Å². The van der Waals surface area contributed by atoms with Crippen molar-refractivity contribution in [3.63, 3.8) is 0 Å². The monoisotopic (exact) mass is 374 g/mol. The maximum absolute atomic E-state index is 13.2. The van der Waals surface area contributed by atoms with Crippen molar-refractivity contribution < 1.29 is 18.0 Å². The first kappa shape index (κ1) is 20.3. The molecule has 1 N–H and O–H groups in total. The summed E-state index contributed by atoms with van der Waals surface area (Å²) in [6.45, 7) is 9.90. The van der Waals surface area contributed by atoms with Gasteiger partial charge in [0.05, 0.1) is 16.9 Å². The summed E-state index contributed by atoms with van der Waals surface area (Å²) in [5.74, 6) is -0.467. The third kappa shape index (κ3) is 5.00. The fraction of sp³-hybridized carbons (Fsp3) is 0.190. The van der Waals surface area contributed by atoms with Crippen molar-refractivity contribution >= 4 is 17.3 Å². The summed E-state index contributed by atoms with van der Waals surface area (Å²) >= 11 is 0. The van der Waals surface area contributed by atoms with Gasteiger partial charge in [-0.15, -0.1) is 13.2 Å². The average molecular weight is 374 g/mol. The van der Waals surface area contributed by atoms with E-state index in [2.05, 4.69) is 18.5 Å². The lowest BCUT2D eigenvalue weighted by atomic mass is 10.1. The molecule has 0 aliphatic carbocycles. The molecule has 2 aromatic rings. The van der Waals surface area contributed by atoms with E-state index in [1.54, 1.807) is 48.2 Å². The molecular formula is C21H21F3N2O. The molecule has 2 rings (SSSR count). The lowest BCUT2D eigenvalue weighted by Gasteiger charge is -2.25. The average Bonchev–Trinajstić information content (AvgIpc) is 2.61. The quantitative estimate of drug-likeness (QED) is 0.654. The molecule has 27 heavy (non-hydrogen) atoms. The highest BCUT2D eigenvalue weighted by Gasteiger charge is 2.31. The van der Waals surface area contributed by atoms with Gasteiger partial charge in [0, 0.05) is 18.7 Å². The molecule has 0 saturated carbocycles. The first-order valence-corrected chi connectivity index (χ1v) is 8.33. The molecule has 0 heterocycles. The van der Waals surface area contributed by atoms with Crippen LogP contribution in [0.2, 0.25) is 0 Å². The Morgan fingerprint density at radius 3 is 2.30 bits per heavy atom. The molecule has 0 aliphatic rings. The summed E-state index contributed by atoms with van der Waals surface area (Å²) in [5, 5.41) is 2.63. The van der Waals surface area contributed by atoms with E-state index in [4.69, 9.17) is 0 Å². The number of rotatable bonds is 7. The number of benzene rings is 2. The Morgan fingerprint density at radius 1 is 1.11 bits per heavy atom. The minimum absolute atomic E-state index is 0.0850. The molecule has 0 saturated heterocycles. The van der Waals surface area contributed by atoms with E-state index in [1.807, 2.05) is 0 Å². The Morgan fingerprint density at radius 2 is 1.74 bits per heavy atom. The van der Waals surface area contributed by atoms with Crippen LogP contribution in [0.15, 0.2) is 67.8 Å². The molecule has 0 aliphatic heterocycles. The summed E-state index contributed by atoms with van der Waals surface area (Å²) in [5.41, 5.74) is 0.854. The van der Waals surface area contributed by atoms with Gasteiger partial charge in [-0.2, -0.15) is 13.2 Å². The van der Waals surface area contributed by atoms with Crippen molar-refractivity contribution in [1.29, 1.82) is 0 Å². The van der Waals surface area contributed by atoms with Crippen molar-refractivity contribution in [3.05, 3.63) is 84.5 Å². The molecule has 0 aromatic heterocycles. The SMILES string of the molecule is C=CCN(CC=C)c1ccc(C(F)(F)F)cc1NC(=O)c1ccccc1C. The van der Waals surface area contributed by atoms with E-state index in [0.717, 1.165) is 17.7 Å². The number of nitrogens with zero attached hydrogens (tertiary/aromatic N) is 1. The second kappa shape index (κ2) is 8.58. The number of carbonyl (C=O) groups is 1. The number of hydrogen-bond acceptors (Lipinski definition) is 2. The Hall–Kier alpha value is -3.02. The van der Waals surface area contributed by atoms with Crippen molar-refractivity contribution in [3.8, 4) is 0 Å². The second-order valence-electron chi connectivity index (χ2n) is 5.98. The van der Waals surface area contributed by atoms with Crippen LogP contribution >= 0.6 is 0 Å². The van der Waals surface area contributed by atoms with Gasteiger partial charge in [0.2, 0.25) is 0 Å². The number of aryl methyl sites for hydroxylation is 1. The van der Waals surface area contributed by atoms with Crippen LogP contribution in [0, 0.1) is 6.92 Å². The molecule has 0 spiro atoms. The van der Waals surface area contributed by atoms with E-state index in [0.29, 0.717) is 24.3 Å².